The third-order valence-corrected chi connectivity index (χ3v) is 4.78. The lowest BCUT2D eigenvalue weighted by atomic mass is 10.2. The lowest BCUT2D eigenvalue weighted by molar-refractivity contribution is 0.0955. The van der Waals surface area contributed by atoms with Crippen LogP contribution in [0.1, 0.15) is 17.3 Å². The van der Waals surface area contributed by atoms with Crippen LogP contribution in [0.4, 0.5) is 0 Å². The molecule has 0 aliphatic carbocycles. The molecule has 0 spiro atoms. The molecule has 1 N–H and O–H groups in total. The summed E-state index contributed by atoms with van der Waals surface area (Å²) in [6.45, 7) is 2.31. The van der Waals surface area contributed by atoms with E-state index >= 15 is 0 Å². The number of carbonyl (C=O) groups excluding carboxylic acids is 1. The molecule has 0 saturated heterocycles. The summed E-state index contributed by atoms with van der Waals surface area (Å²) in [5.41, 5.74) is 0.610. The van der Waals surface area contributed by atoms with Crippen LogP contribution >= 0.6 is 38.5 Å². The fourth-order valence-electron chi connectivity index (χ4n) is 1.19. The first-order valence-electron chi connectivity index (χ1n) is 5.12. The summed E-state index contributed by atoms with van der Waals surface area (Å²) >= 11 is 5.50. The van der Waals surface area contributed by atoms with Crippen LogP contribution in [0.3, 0.4) is 0 Å². The highest BCUT2D eigenvalue weighted by atomic mass is 127. The first kappa shape index (κ1) is 15.1. The molecule has 94 valence electrons. The van der Waals surface area contributed by atoms with Crippen molar-refractivity contribution in [3.05, 3.63) is 31.8 Å². The second kappa shape index (κ2) is 7.48. The highest BCUT2D eigenvalue weighted by Gasteiger charge is 2.10. The van der Waals surface area contributed by atoms with Crippen LogP contribution in [-0.2, 0) is 10.8 Å². The first-order valence-corrected chi connectivity index (χ1v) is 8.48. The summed E-state index contributed by atoms with van der Waals surface area (Å²) in [5, 5.41) is 2.77. The number of carbonyl (C=O) groups is 1. The zero-order valence-corrected chi connectivity index (χ0v) is 13.9. The molecule has 0 saturated carbocycles. The third kappa shape index (κ3) is 5.05. The van der Waals surface area contributed by atoms with Crippen LogP contribution in [0, 0.1) is 3.57 Å². The van der Waals surface area contributed by atoms with Crippen LogP contribution in [0.15, 0.2) is 22.7 Å². The van der Waals surface area contributed by atoms with E-state index < -0.39 is 10.8 Å². The van der Waals surface area contributed by atoms with E-state index in [0.717, 1.165) is 8.04 Å². The van der Waals surface area contributed by atoms with E-state index in [2.05, 4.69) is 43.8 Å². The largest absolute Gasteiger partial charge is 0.351 e. The van der Waals surface area contributed by atoms with Gasteiger partial charge in [0.2, 0.25) is 0 Å². The van der Waals surface area contributed by atoms with Crippen LogP contribution in [-0.4, -0.2) is 28.2 Å². The van der Waals surface area contributed by atoms with Gasteiger partial charge in [0, 0.05) is 36.9 Å². The molecule has 0 aliphatic heterocycles. The monoisotopic (exact) mass is 429 g/mol. The number of hydrogen-bond acceptors (Lipinski definition) is 2. The summed E-state index contributed by atoms with van der Waals surface area (Å²) in [4.78, 5) is 11.8. The van der Waals surface area contributed by atoms with Gasteiger partial charge in [0.15, 0.2) is 0 Å². The molecular weight excluding hydrogens is 417 g/mol. The van der Waals surface area contributed by atoms with Gasteiger partial charge >= 0.3 is 0 Å². The Bertz CT molecular complexity index is 439. The van der Waals surface area contributed by atoms with Gasteiger partial charge in [-0.1, -0.05) is 6.92 Å². The van der Waals surface area contributed by atoms with Crippen molar-refractivity contribution in [1.29, 1.82) is 0 Å². The van der Waals surface area contributed by atoms with E-state index in [-0.39, 0.29) is 5.91 Å². The molecule has 1 aromatic rings. The fraction of sp³-hybridized carbons (Fsp3) is 0.364. The van der Waals surface area contributed by atoms with Gasteiger partial charge < -0.3 is 5.32 Å². The zero-order chi connectivity index (χ0) is 12.8. The lowest BCUT2D eigenvalue weighted by Gasteiger charge is -2.07. The SMILES string of the molecule is CCS(=O)CCNC(=O)c1cc(I)ccc1Br. The van der Waals surface area contributed by atoms with Crippen molar-refractivity contribution in [1.82, 2.24) is 5.32 Å². The normalized spacial score (nSPS) is 12.2. The molecule has 17 heavy (non-hydrogen) atoms. The second-order valence-corrected chi connectivity index (χ2v) is 7.28. The van der Waals surface area contributed by atoms with Gasteiger partial charge in [-0.15, -0.1) is 0 Å². The molecule has 1 atom stereocenters. The predicted molar refractivity (Wildman–Crippen MR) is 82.7 cm³/mol. The molecule has 0 bridgehead atoms. The molecule has 0 aromatic heterocycles. The Labute approximate surface area is 125 Å². The van der Waals surface area contributed by atoms with E-state index in [1.54, 1.807) is 0 Å². The van der Waals surface area contributed by atoms with E-state index in [4.69, 9.17) is 0 Å². The van der Waals surface area contributed by atoms with Crippen molar-refractivity contribution in [2.45, 2.75) is 6.92 Å². The average Bonchev–Trinajstić information content (AvgIpc) is 2.31. The Kier molecular flexibility index (Phi) is 6.65. The maximum absolute atomic E-state index is 11.8. The maximum Gasteiger partial charge on any atom is 0.252 e. The summed E-state index contributed by atoms with van der Waals surface area (Å²) in [5.74, 6) is 0.996. The second-order valence-electron chi connectivity index (χ2n) is 3.31. The Morgan fingerprint density at radius 2 is 2.24 bits per heavy atom. The standard InChI is InChI=1S/C11H13BrINO2S/c1-2-17(16)6-5-14-11(15)9-7-8(13)3-4-10(9)12/h3-4,7H,2,5-6H2,1H3,(H,14,15). The fourth-order valence-corrected chi connectivity index (χ4v) is 2.73. The lowest BCUT2D eigenvalue weighted by Crippen LogP contribution is -2.28. The van der Waals surface area contributed by atoms with Crippen LogP contribution in [0.25, 0.3) is 0 Å². The topological polar surface area (TPSA) is 46.2 Å². The van der Waals surface area contributed by atoms with Crippen molar-refractivity contribution in [2.24, 2.45) is 0 Å². The van der Waals surface area contributed by atoms with Gasteiger partial charge in [0.25, 0.3) is 5.91 Å². The van der Waals surface area contributed by atoms with Gasteiger partial charge in [-0.2, -0.15) is 0 Å². The van der Waals surface area contributed by atoms with Crippen molar-refractivity contribution in [3.8, 4) is 0 Å². The van der Waals surface area contributed by atoms with Gasteiger partial charge in [-0.05, 0) is 56.7 Å². The van der Waals surface area contributed by atoms with E-state index in [9.17, 15) is 9.00 Å². The Balaban J connectivity index is 2.58. The minimum atomic E-state index is -0.837. The molecule has 1 unspecified atom stereocenters. The molecule has 0 heterocycles. The molecule has 3 nitrogen and oxygen atoms in total. The summed E-state index contributed by atoms with van der Waals surface area (Å²) in [7, 11) is -0.837. The van der Waals surface area contributed by atoms with E-state index in [1.807, 2.05) is 25.1 Å². The number of amides is 1. The Morgan fingerprint density at radius 1 is 1.53 bits per heavy atom. The number of hydrogen-bond donors (Lipinski definition) is 1. The van der Waals surface area contributed by atoms with E-state index in [1.165, 1.54) is 0 Å². The summed E-state index contributed by atoms with van der Waals surface area (Å²) in [6, 6.07) is 5.59. The van der Waals surface area contributed by atoms with Crippen LogP contribution in [0.5, 0.6) is 0 Å². The van der Waals surface area contributed by atoms with E-state index in [0.29, 0.717) is 23.6 Å². The predicted octanol–water partition coefficient (Wildman–Crippen LogP) is 2.55. The van der Waals surface area contributed by atoms with Crippen molar-refractivity contribution in [2.75, 3.05) is 18.1 Å². The maximum atomic E-state index is 11.8. The van der Waals surface area contributed by atoms with Crippen LogP contribution < -0.4 is 5.32 Å². The van der Waals surface area contributed by atoms with Crippen molar-refractivity contribution in [3.63, 3.8) is 0 Å². The summed E-state index contributed by atoms with van der Waals surface area (Å²) in [6.07, 6.45) is 0. The zero-order valence-electron chi connectivity index (χ0n) is 9.33. The van der Waals surface area contributed by atoms with Gasteiger partial charge in [-0.3, -0.25) is 9.00 Å². The molecule has 1 aromatic carbocycles. The Morgan fingerprint density at radius 3 is 2.88 bits per heavy atom. The number of rotatable bonds is 5. The Hall–Kier alpha value is 0.0500. The molecular formula is C11H13BrINO2S. The smallest absolute Gasteiger partial charge is 0.252 e. The van der Waals surface area contributed by atoms with Crippen molar-refractivity contribution >= 4 is 55.2 Å². The first-order chi connectivity index (χ1) is 8.04. The van der Waals surface area contributed by atoms with Crippen LogP contribution in [0.2, 0.25) is 0 Å². The molecule has 1 rings (SSSR count). The quantitative estimate of drug-likeness (QED) is 0.731. The van der Waals surface area contributed by atoms with Gasteiger partial charge in [0.05, 0.1) is 5.56 Å². The van der Waals surface area contributed by atoms with Gasteiger partial charge in [0.1, 0.15) is 0 Å². The highest BCUT2D eigenvalue weighted by molar-refractivity contribution is 14.1. The minimum absolute atomic E-state index is 0.136. The average molecular weight is 430 g/mol. The molecule has 0 aliphatic rings. The molecule has 0 fully saturated rings. The number of nitrogens with one attached hydrogen (secondary N) is 1. The molecule has 6 heteroatoms. The number of halogens is 2. The van der Waals surface area contributed by atoms with Gasteiger partial charge in [-0.25, -0.2) is 0 Å². The third-order valence-electron chi connectivity index (χ3n) is 2.11. The summed E-state index contributed by atoms with van der Waals surface area (Å²) < 4.78 is 13.0. The number of benzene rings is 1. The highest BCUT2D eigenvalue weighted by Crippen LogP contribution is 2.19. The molecule has 0 radical (unpaired) electrons. The minimum Gasteiger partial charge on any atom is -0.351 e. The molecule has 1 amide bonds. The van der Waals surface area contributed by atoms with Crippen molar-refractivity contribution < 1.29 is 9.00 Å².